The van der Waals surface area contributed by atoms with E-state index in [9.17, 15) is 14.3 Å². The number of ether oxygens (including phenoxy) is 2. The Morgan fingerprint density at radius 2 is 2.09 bits per heavy atom. The van der Waals surface area contributed by atoms with Gasteiger partial charge in [0.2, 0.25) is 5.91 Å². The number of aliphatic hydroxyl groups is 1. The molecule has 2 saturated heterocycles. The molecule has 0 aliphatic carbocycles. The molecule has 0 radical (unpaired) electrons. The third-order valence-electron chi connectivity index (χ3n) is 4.33. The fourth-order valence-corrected chi connectivity index (χ4v) is 3.12. The number of benzene rings is 1. The molecule has 0 unspecified atom stereocenters. The van der Waals surface area contributed by atoms with E-state index in [1.807, 2.05) is 0 Å². The van der Waals surface area contributed by atoms with Gasteiger partial charge < -0.3 is 25.6 Å². The molecule has 2 aliphatic rings. The summed E-state index contributed by atoms with van der Waals surface area (Å²) < 4.78 is 24.2. The van der Waals surface area contributed by atoms with Gasteiger partial charge in [0.05, 0.1) is 24.7 Å². The maximum atomic E-state index is 12.8. The summed E-state index contributed by atoms with van der Waals surface area (Å²) in [5.41, 5.74) is 6.35. The van der Waals surface area contributed by atoms with Gasteiger partial charge in [-0.25, -0.2) is 4.39 Å². The predicted octanol–water partition coefficient (Wildman–Crippen LogP) is 0.0765. The van der Waals surface area contributed by atoms with Crippen LogP contribution in [0.3, 0.4) is 0 Å². The van der Waals surface area contributed by atoms with Crippen LogP contribution in [0.2, 0.25) is 0 Å². The van der Waals surface area contributed by atoms with Crippen molar-refractivity contribution in [1.82, 2.24) is 5.32 Å². The Morgan fingerprint density at radius 1 is 1.35 bits per heavy atom. The number of carbonyl (C=O) groups is 1. The van der Waals surface area contributed by atoms with Crippen molar-refractivity contribution in [2.24, 2.45) is 5.73 Å². The van der Waals surface area contributed by atoms with Crippen molar-refractivity contribution in [3.05, 3.63) is 35.6 Å². The van der Waals surface area contributed by atoms with Crippen molar-refractivity contribution in [2.45, 2.75) is 49.9 Å². The highest BCUT2D eigenvalue weighted by Crippen LogP contribution is 2.35. The summed E-state index contributed by atoms with van der Waals surface area (Å²) in [5, 5.41) is 12.8. The van der Waals surface area contributed by atoms with Crippen LogP contribution in [0.25, 0.3) is 0 Å². The quantitative estimate of drug-likeness (QED) is 0.713. The lowest BCUT2D eigenvalue weighted by molar-refractivity contribution is -0.124. The first-order valence-corrected chi connectivity index (χ1v) is 7.77. The van der Waals surface area contributed by atoms with Gasteiger partial charge in [0.25, 0.3) is 0 Å². The summed E-state index contributed by atoms with van der Waals surface area (Å²) in [6, 6.07) is 5.97. The Morgan fingerprint density at radius 3 is 2.74 bits per heavy atom. The third kappa shape index (κ3) is 3.69. The number of carbonyl (C=O) groups excluding carboxylic acids is 1. The zero-order chi connectivity index (χ0) is 16.4. The van der Waals surface area contributed by atoms with Gasteiger partial charge in [-0.2, -0.15) is 0 Å². The third-order valence-corrected chi connectivity index (χ3v) is 4.33. The minimum Gasteiger partial charge on any atom is -0.388 e. The largest absolute Gasteiger partial charge is 0.388 e. The molecule has 2 fully saturated rings. The van der Waals surface area contributed by atoms with Gasteiger partial charge in [0, 0.05) is 19.5 Å². The molecule has 0 spiro atoms. The van der Waals surface area contributed by atoms with Crippen molar-refractivity contribution >= 4 is 5.91 Å². The summed E-state index contributed by atoms with van der Waals surface area (Å²) in [5.74, 6) is -0.454. The Kier molecular flexibility index (Phi) is 4.91. The average Bonchev–Trinajstić information content (AvgIpc) is 3.05. The Bertz CT molecular complexity index is 554. The maximum Gasteiger partial charge on any atom is 0.222 e. The molecule has 23 heavy (non-hydrogen) atoms. The standard InChI is InChI=1S/C16H21FN2O4/c17-10-3-1-9(2-4-10)8-19-14(20)6-11-5-12-16(22-11)15(21)13(7-18)23-12/h1-4,11-13,15-16,21H,5-8,18H2,(H,19,20)/t11-,12+,13+,15+,16-/m0/s1. The SMILES string of the molecule is NC[C@H]1O[C@@H]2C[C@@H](CC(=O)NCc3ccc(F)cc3)O[C@@H]2[C@@H]1O. The molecule has 126 valence electrons. The van der Waals surface area contributed by atoms with E-state index in [1.54, 1.807) is 12.1 Å². The van der Waals surface area contributed by atoms with Crippen molar-refractivity contribution in [2.75, 3.05) is 6.54 Å². The molecule has 0 aromatic heterocycles. The minimum atomic E-state index is -0.739. The van der Waals surface area contributed by atoms with Crippen molar-refractivity contribution in [3.63, 3.8) is 0 Å². The number of aliphatic hydroxyl groups excluding tert-OH is 1. The van der Waals surface area contributed by atoms with E-state index in [1.165, 1.54) is 12.1 Å². The molecule has 1 aromatic rings. The molecule has 2 heterocycles. The number of fused-ring (bicyclic) bond motifs is 1. The molecular formula is C16H21FN2O4. The number of rotatable bonds is 5. The Hall–Kier alpha value is -1.54. The second-order valence-corrected chi connectivity index (χ2v) is 6.01. The van der Waals surface area contributed by atoms with Gasteiger partial charge in [-0.05, 0) is 17.7 Å². The summed E-state index contributed by atoms with van der Waals surface area (Å²) in [6.07, 6.45) is -1.23. The van der Waals surface area contributed by atoms with Crippen LogP contribution in [0, 0.1) is 5.82 Å². The lowest BCUT2D eigenvalue weighted by Gasteiger charge is -2.18. The fourth-order valence-electron chi connectivity index (χ4n) is 3.12. The van der Waals surface area contributed by atoms with Crippen LogP contribution < -0.4 is 11.1 Å². The second kappa shape index (κ2) is 6.92. The maximum absolute atomic E-state index is 12.8. The number of amides is 1. The summed E-state index contributed by atoms with van der Waals surface area (Å²) in [6.45, 7) is 0.591. The van der Waals surface area contributed by atoms with Gasteiger partial charge in [-0.1, -0.05) is 12.1 Å². The highest BCUT2D eigenvalue weighted by atomic mass is 19.1. The zero-order valence-electron chi connectivity index (χ0n) is 12.7. The van der Waals surface area contributed by atoms with Gasteiger partial charge in [-0.3, -0.25) is 4.79 Å². The first-order chi connectivity index (χ1) is 11.1. The molecule has 5 atom stereocenters. The van der Waals surface area contributed by atoms with Crippen LogP contribution in [-0.2, 0) is 20.8 Å². The lowest BCUT2D eigenvalue weighted by atomic mass is 10.1. The fraction of sp³-hybridized carbons (Fsp3) is 0.562. The summed E-state index contributed by atoms with van der Waals surface area (Å²) in [4.78, 5) is 12.0. The minimum absolute atomic E-state index is 0.149. The molecule has 0 bridgehead atoms. The van der Waals surface area contributed by atoms with E-state index >= 15 is 0 Å². The average molecular weight is 324 g/mol. The van der Waals surface area contributed by atoms with Gasteiger partial charge in [-0.15, -0.1) is 0 Å². The number of hydrogen-bond donors (Lipinski definition) is 3. The number of hydrogen-bond acceptors (Lipinski definition) is 5. The summed E-state index contributed by atoms with van der Waals surface area (Å²) >= 11 is 0. The molecule has 2 aliphatic heterocycles. The number of nitrogens with two attached hydrogens (primary N) is 1. The molecule has 4 N–H and O–H groups in total. The monoisotopic (exact) mass is 324 g/mol. The molecule has 6 nitrogen and oxygen atoms in total. The van der Waals surface area contributed by atoms with Gasteiger partial charge >= 0.3 is 0 Å². The van der Waals surface area contributed by atoms with Crippen LogP contribution in [0.4, 0.5) is 4.39 Å². The van der Waals surface area contributed by atoms with Crippen LogP contribution in [0.5, 0.6) is 0 Å². The van der Waals surface area contributed by atoms with Crippen molar-refractivity contribution in [3.8, 4) is 0 Å². The molecule has 1 amide bonds. The lowest BCUT2D eigenvalue weighted by Crippen LogP contribution is -2.37. The van der Waals surface area contributed by atoms with Gasteiger partial charge in [0.1, 0.15) is 18.0 Å². The highest BCUT2D eigenvalue weighted by Gasteiger charge is 2.50. The highest BCUT2D eigenvalue weighted by molar-refractivity contribution is 5.76. The molecule has 0 saturated carbocycles. The van der Waals surface area contributed by atoms with E-state index in [-0.39, 0.29) is 36.9 Å². The van der Waals surface area contributed by atoms with Crippen molar-refractivity contribution < 1.29 is 23.8 Å². The van der Waals surface area contributed by atoms with E-state index in [4.69, 9.17) is 15.2 Å². The van der Waals surface area contributed by atoms with E-state index < -0.39 is 18.3 Å². The smallest absolute Gasteiger partial charge is 0.222 e. The Balaban J connectivity index is 1.44. The first-order valence-electron chi connectivity index (χ1n) is 7.77. The zero-order valence-corrected chi connectivity index (χ0v) is 12.7. The van der Waals surface area contributed by atoms with Crippen molar-refractivity contribution in [1.29, 1.82) is 0 Å². The van der Waals surface area contributed by atoms with Gasteiger partial charge in [0.15, 0.2) is 0 Å². The van der Waals surface area contributed by atoms with E-state index in [0.717, 1.165) is 5.56 Å². The normalized spacial score (nSPS) is 32.7. The van der Waals surface area contributed by atoms with Crippen LogP contribution >= 0.6 is 0 Å². The Labute approximate surface area is 133 Å². The molecule has 1 aromatic carbocycles. The topological polar surface area (TPSA) is 93.8 Å². The number of halogens is 1. The van der Waals surface area contributed by atoms with E-state index in [0.29, 0.717) is 13.0 Å². The van der Waals surface area contributed by atoms with E-state index in [2.05, 4.69) is 5.32 Å². The summed E-state index contributed by atoms with van der Waals surface area (Å²) in [7, 11) is 0. The predicted molar refractivity (Wildman–Crippen MR) is 79.9 cm³/mol. The number of nitrogens with one attached hydrogen (secondary N) is 1. The first kappa shape index (κ1) is 16.3. The molecule has 3 rings (SSSR count). The van der Waals surface area contributed by atoms with Crippen LogP contribution in [0.15, 0.2) is 24.3 Å². The molecule has 7 heteroatoms. The molecular weight excluding hydrogens is 303 g/mol. The second-order valence-electron chi connectivity index (χ2n) is 6.01. The van der Waals surface area contributed by atoms with Crippen LogP contribution in [0.1, 0.15) is 18.4 Å². The van der Waals surface area contributed by atoms with Crippen LogP contribution in [-0.4, -0.2) is 48.1 Å².